The Kier molecular flexibility index (Phi) is 6.19. The van der Waals surface area contributed by atoms with Gasteiger partial charge in [-0.2, -0.15) is 0 Å². The normalized spacial score (nSPS) is 11.9. The van der Waals surface area contributed by atoms with Crippen molar-refractivity contribution in [3.8, 4) is 0 Å². The Labute approximate surface area is 67.3 Å². The molecule has 0 rings (SSSR count). The lowest BCUT2D eigenvalue weighted by Gasteiger charge is -1.93. The number of carbonyl (C=O) groups is 1. The van der Waals surface area contributed by atoms with Gasteiger partial charge in [0.2, 0.25) is 0 Å². The summed E-state index contributed by atoms with van der Waals surface area (Å²) < 4.78 is 0. The van der Waals surface area contributed by atoms with Crippen LogP contribution in [0.25, 0.3) is 0 Å². The van der Waals surface area contributed by atoms with Gasteiger partial charge in [0.1, 0.15) is 6.29 Å². The lowest BCUT2D eigenvalue weighted by Crippen LogP contribution is -1.79. The van der Waals surface area contributed by atoms with Crippen LogP contribution >= 0.6 is 0 Å². The smallest absolute Gasteiger partial charge is 0.120 e. The first-order chi connectivity index (χ1) is 5.35. The summed E-state index contributed by atoms with van der Waals surface area (Å²) in [4.78, 5) is 13.8. The Morgan fingerprint density at radius 1 is 1.64 bits per heavy atom. The number of aliphatic imine (C=N–C) groups is 1. The molecule has 0 aromatic carbocycles. The zero-order valence-corrected chi connectivity index (χ0v) is 6.79. The van der Waals surface area contributed by atoms with Gasteiger partial charge in [-0.3, -0.25) is 4.99 Å². The lowest BCUT2D eigenvalue weighted by atomic mass is 10.2. The summed E-state index contributed by atoms with van der Waals surface area (Å²) in [5.74, 6) is 0. The average molecular weight is 151 g/mol. The van der Waals surface area contributed by atoms with Crippen LogP contribution in [0.15, 0.2) is 28.9 Å². The second-order valence-corrected chi connectivity index (χ2v) is 2.05. The summed E-state index contributed by atoms with van der Waals surface area (Å²) in [5, 5.41) is 0. The number of allylic oxidation sites excluding steroid dienone is 4. The van der Waals surface area contributed by atoms with Gasteiger partial charge in [-0.25, -0.2) is 0 Å². The molecule has 60 valence electrons. The van der Waals surface area contributed by atoms with Gasteiger partial charge >= 0.3 is 0 Å². The highest BCUT2D eigenvalue weighted by Crippen LogP contribution is 2.04. The van der Waals surface area contributed by atoms with E-state index in [1.807, 2.05) is 25.2 Å². The van der Waals surface area contributed by atoms with E-state index in [1.165, 1.54) is 0 Å². The summed E-state index contributed by atoms with van der Waals surface area (Å²) >= 11 is 0. The fraction of sp³-hybridized carbons (Fsp3) is 0.333. The van der Waals surface area contributed by atoms with Gasteiger partial charge in [0.25, 0.3) is 0 Å². The molecule has 0 saturated heterocycles. The van der Waals surface area contributed by atoms with Gasteiger partial charge in [-0.15, -0.1) is 0 Å². The second kappa shape index (κ2) is 6.93. The van der Waals surface area contributed by atoms with E-state index in [4.69, 9.17) is 0 Å². The topological polar surface area (TPSA) is 29.4 Å². The zero-order valence-electron chi connectivity index (χ0n) is 6.79. The fourth-order valence-electron chi connectivity index (χ4n) is 0.629. The highest BCUT2D eigenvalue weighted by molar-refractivity contribution is 5.50. The van der Waals surface area contributed by atoms with Crippen LogP contribution in [0.2, 0.25) is 0 Å². The van der Waals surface area contributed by atoms with Crippen LogP contribution in [0.5, 0.6) is 0 Å². The third-order valence-corrected chi connectivity index (χ3v) is 1.20. The molecular formula is C9H13NO. The minimum absolute atomic E-state index is 0.516. The van der Waals surface area contributed by atoms with Crippen molar-refractivity contribution in [2.75, 3.05) is 0 Å². The molecule has 0 amide bonds. The van der Waals surface area contributed by atoms with Gasteiger partial charge < -0.3 is 4.79 Å². The summed E-state index contributed by atoms with van der Waals surface area (Å²) in [7, 11) is 0. The third-order valence-electron chi connectivity index (χ3n) is 1.20. The summed E-state index contributed by atoms with van der Waals surface area (Å²) in [6.45, 7) is 5.33. The Morgan fingerprint density at radius 3 is 2.82 bits per heavy atom. The molecule has 0 aliphatic carbocycles. The molecule has 0 fully saturated rings. The molecule has 0 saturated carbocycles. The van der Waals surface area contributed by atoms with E-state index in [-0.39, 0.29) is 0 Å². The number of hydrogen-bond donors (Lipinski definition) is 0. The fourth-order valence-corrected chi connectivity index (χ4v) is 0.629. The molecule has 11 heavy (non-hydrogen) atoms. The first-order valence-electron chi connectivity index (χ1n) is 3.57. The van der Waals surface area contributed by atoms with E-state index in [9.17, 15) is 4.79 Å². The Bertz CT molecular complexity index is 180. The van der Waals surface area contributed by atoms with Crippen molar-refractivity contribution in [2.45, 2.75) is 19.8 Å². The van der Waals surface area contributed by atoms with Crippen LogP contribution in [0.3, 0.4) is 0 Å². The molecule has 0 aliphatic rings. The molecule has 0 aliphatic heterocycles. The van der Waals surface area contributed by atoms with E-state index < -0.39 is 0 Å². The Balaban J connectivity index is 3.92. The van der Waals surface area contributed by atoms with Crippen LogP contribution < -0.4 is 0 Å². The van der Waals surface area contributed by atoms with Crippen LogP contribution in [-0.2, 0) is 4.79 Å². The molecule has 0 spiro atoms. The monoisotopic (exact) mass is 151 g/mol. The molecular weight excluding hydrogens is 138 g/mol. The van der Waals surface area contributed by atoms with Gasteiger partial charge in [0, 0.05) is 12.1 Å². The van der Waals surface area contributed by atoms with Crippen LogP contribution in [0.1, 0.15) is 19.8 Å². The number of rotatable bonds is 5. The summed E-state index contributed by atoms with van der Waals surface area (Å²) in [6.07, 6.45) is 7.73. The minimum Gasteiger partial charge on any atom is -0.303 e. The molecule has 0 N–H and O–H groups in total. The van der Waals surface area contributed by atoms with Gasteiger partial charge in [0.05, 0.1) is 0 Å². The maximum atomic E-state index is 9.99. The van der Waals surface area contributed by atoms with Crippen molar-refractivity contribution in [1.82, 2.24) is 0 Å². The maximum absolute atomic E-state index is 9.99. The Morgan fingerprint density at radius 2 is 2.36 bits per heavy atom. The zero-order chi connectivity index (χ0) is 8.53. The first kappa shape index (κ1) is 9.82. The van der Waals surface area contributed by atoms with Crippen LogP contribution in [0, 0.1) is 0 Å². The molecule has 0 aromatic rings. The largest absolute Gasteiger partial charge is 0.303 e. The highest BCUT2D eigenvalue weighted by atomic mass is 16.1. The van der Waals surface area contributed by atoms with Gasteiger partial charge in [-0.1, -0.05) is 12.2 Å². The van der Waals surface area contributed by atoms with E-state index in [0.29, 0.717) is 12.8 Å². The Hall–Kier alpha value is -1.18. The van der Waals surface area contributed by atoms with Crippen molar-refractivity contribution in [3.63, 3.8) is 0 Å². The van der Waals surface area contributed by atoms with Crippen molar-refractivity contribution in [2.24, 2.45) is 4.99 Å². The van der Waals surface area contributed by atoms with Crippen LogP contribution in [-0.4, -0.2) is 13.0 Å². The predicted molar refractivity (Wildman–Crippen MR) is 47.7 cm³/mol. The standard InChI is InChI=1S/C9H13NO/c1-3-4-6-9(10-2)7-5-8-11/h3-4,6,8H,2,5,7H2,1H3/b4-3-,9-6-. The predicted octanol–water partition coefficient (Wildman–Crippen LogP) is 2.13. The first-order valence-corrected chi connectivity index (χ1v) is 3.57. The summed E-state index contributed by atoms with van der Waals surface area (Å²) in [5.41, 5.74) is 0.857. The average Bonchev–Trinajstić information content (AvgIpc) is 2.05. The minimum atomic E-state index is 0.516. The van der Waals surface area contributed by atoms with Gasteiger partial charge in [0.15, 0.2) is 0 Å². The number of hydrogen-bond acceptors (Lipinski definition) is 2. The molecule has 0 heterocycles. The molecule has 0 unspecified atom stereocenters. The van der Waals surface area contributed by atoms with Crippen molar-refractivity contribution in [3.05, 3.63) is 23.9 Å². The van der Waals surface area contributed by atoms with Crippen molar-refractivity contribution >= 4 is 13.0 Å². The van der Waals surface area contributed by atoms with E-state index in [0.717, 1.165) is 12.0 Å². The number of carbonyl (C=O) groups excluding carboxylic acids is 1. The quantitative estimate of drug-likeness (QED) is 0.336. The van der Waals surface area contributed by atoms with Crippen molar-refractivity contribution in [1.29, 1.82) is 0 Å². The van der Waals surface area contributed by atoms with Crippen molar-refractivity contribution < 1.29 is 4.79 Å². The molecule has 0 aromatic heterocycles. The molecule has 2 nitrogen and oxygen atoms in total. The van der Waals surface area contributed by atoms with Crippen LogP contribution in [0.4, 0.5) is 0 Å². The number of nitrogens with zero attached hydrogens (tertiary/aromatic N) is 1. The second-order valence-electron chi connectivity index (χ2n) is 2.05. The maximum Gasteiger partial charge on any atom is 0.120 e. The molecule has 0 bridgehead atoms. The summed E-state index contributed by atoms with van der Waals surface area (Å²) in [6, 6.07) is 0. The molecule has 0 atom stereocenters. The SMILES string of the molecule is C=N/C(=C\C=C/C)CCC=O. The third kappa shape index (κ3) is 5.27. The lowest BCUT2D eigenvalue weighted by molar-refractivity contribution is -0.107. The van der Waals surface area contributed by atoms with E-state index in [2.05, 4.69) is 11.7 Å². The number of aldehydes is 1. The van der Waals surface area contributed by atoms with Gasteiger partial charge in [-0.05, 0) is 26.1 Å². The molecule has 0 radical (unpaired) electrons. The highest BCUT2D eigenvalue weighted by Gasteiger charge is 1.89. The van der Waals surface area contributed by atoms with E-state index in [1.54, 1.807) is 0 Å². The van der Waals surface area contributed by atoms with E-state index >= 15 is 0 Å². The molecule has 2 heteroatoms.